The van der Waals surface area contributed by atoms with Crippen molar-refractivity contribution in [3.8, 4) is 11.4 Å². The van der Waals surface area contributed by atoms with Crippen LogP contribution in [0.15, 0.2) is 47.4 Å². The van der Waals surface area contributed by atoms with Crippen LogP contribution in [0.2, 0.25) is 10.0 Å². The maximum atomic E-state index is 12.7. The van der Waals surface area contributed by atoms with Gasteiger partial charge in [0.2, 0.25) is 0 Å². The molecule has 0 radical (unpaired) electrons. The molecule has 0 bridgehead atoms. The van der Waals surface area contributed by atoms with Gasteiger partial charge in [-0.05, 0) is 74.4 Å². The van der Waals surface area contributed by atoms with Gasteiger partial charge in [-0.1, -0.05) is 41.0 Å². The largest absolute Gasteiger partial charge is 0.495 e. The minimum atomic E-state index is -0.334. The third kappa shape index (κ3) is 4.35. The van der Waals surface area contributed by atoms with Crippen LogP contribution >= 0.6 is 35.0 Å². The molecule has 1 fully saturated rings. The molecule has 1 amide bonds. The number of aryl methyl sites for hydroxylation is 1. The van der Waals surface area contributed by atoms with Gasteiger partial charge in [0, 0.05) is 27.1 Å². The summed E-state index contributed by atoms with van der Waals surface area (Å²) in [4.78, 5) is 13.3. The fourth-order valence-corrected chi connectivity index (χ4v) is 5.09. The van der Waals surface area contributed by atoms with Crippen molar-refractivity contribution in [1.29, 1.82) is 0 Å². The Kier molecular flexibility index (Phi) is 6.47. The number of benzene rings is 2. The number of carbonyl (C=O) groups excluding carboxylic acids is 1. The van der Waals surface area contributed by atoms with Crippen molar-refractivity contribution in [3.63, 3.8) is 0 Å². The van der Waals surface area contributed by atoms with Crippen molar-refractivity contribution in [2.45, 2.75) is 26.3 Å². The number of aromatic nitrogens is 1. The Hall–Kier alpha value is -2.54. The predicted octanol–water partition coefficient (Wildman–Crippen LogP) is 6.32. The summed E-state index contributed by atoms with van der Waals surface area (Å²) < 4.78 is 7.55. The summed E-state index contributed by atoms with van der Waals surface area (Å²) in [7, 11) is 1.59. The SMILES string of the molecule is COc1ccc(Cl)cc1NC1NC(=O)/C(=C/c2cc(C)n(-c3cccc(Cl)c3C)c2C)S1. The van der Waals surface area contributed by atoms with Gasteiger partial charge in [-0.15, -0.1) is 0 Å². The van der Waals surface area contributed by atoms with Crippen LogP contribution in [0.5, 0.6) is 5.75 Å². The highest BCUT2D eigenvalue weighted by Crippen LogP contribution is 2.35. The van der Waals surface area contributed by atoms with E-state index in [2.05, 4.69) is 21.3 Å². The Morgan fingerprint density at radius 2 is 1.94 bits per heavy atom. The average Bonchev–Trinajstić information content (AvgIpc) is 3.23. The van der Waals surface area contributed by atoms with E-state index in [0.717, 1.165) is 33.2 Å². The number of rotatable bonds is 5. The van der Waals surface area contributed by atoms with Gasteiger partial charge in [0.05, 0.1) is 17.7 Å². The molecule has 32 heavy (non-hydrogen) atoms. The lowest BCUT2D eigenvalue weighted by Crippen LogP contribution is -2.31. The number of nitrogens with one attached hydrogen (secondary N) is 2. The van der Waals surface area contributed by atoms with Gasteiger partial charge in [0.1, 0.15) is 5.75 Å². The van der Waals surface area contributed by atoms with Crippen molar-refractivity contribution in [2.24, 2.45) is 0 Å². The molecule has 1 unspecified atom stereocenters. The van der Waals surface area contributed by atoms with Crippen molar-refractivity contribution in [3.05, 3.63) is 79.9 Å². The smallest absolute Gasteiger partial charge is 0.260 e. The highest BCUT2D eigenvalue weighted by Gasteiger charge is 2.28. The second-order valence-electron chi connectivity index (χ2n) is 7.51. The molecule has 1 aliphatic rings. The molecule has 166 valence electrons. The first-order valence-electron chi connectivity index (χ1n) is 10.0. The summed E-state index contributed by atoms with van der Waals surface area (Å²) in [5, 5.41) is 7.55. The van der Waals surface area contributed by atoms with E-state index in [1.165, 1.54) is 11.8 Å². The number of ether oxygens (including phenoxy) is 1. The minimum Gasteiger partial charge on any atom is -0.495 e. The fourth-order valence-electron chi connectivity index (χ4n) is 3.78. The Labute approximate surface area is 201 Å². The number of halogens is 2. The molecule has 5 nitrogen and oxygen atoms in total. The molecular weight excluding hydrogens is 465 g/mol. The Balaban J connectivity index is 1.61. The van der Waals surface area contributed by atoms with E-state index in [1.807, 2.05) is 45.0 Å². The van der Waals surface area contributed by atoms with E-state index in [1.54, 1.807) is 25.3 Å². The van der Waals surface area contributed by atoms with Crippen LogP contribution in [0, 0.1) is 20.8 Å². The van der Waals surface area contributed by atoms with E-state index < -0.39 is 0 Å². The molecule has 2 heterocycles. The first-order valence-corrected chi connectivity index (χ1v) is 11.7. The summed E-state index contributed by atoms with van der Waals surface area (Å²) in [5.41, 5.74) is 5.54. The van der Waals surface area contributed by atoms with E-state index in [-0.39, 0.29) is 11.4 Å². The number of methoxy groups -OCH3 is 1. The standard InChI is InChI=1S/C24H23Cl2N3O2S/c1-13-10-16(15(3)29(13)20-7-5-6-18(26)14(20)2)11-22-23(30)28-24(32-22)27-19-12-17(25)8-9-21(19)31-4/h5-12,24,27H,1-4H3,(H,28,30)/b22-11-. The van der Waals surface area contributed by atoms with Gasteiger partial charge < -0.3 is 19.9 Å². The van der Waals surface area contributed by atoms with Crippen LogP contribution in [0.1, 0.15) is 22.5 Å². The zero-order chi connectivity index (χ0) is 23.0. The molecule has 0 spiro atoms. The van der Waals surface area contributed by atoms with Gasteiger partial charge in [0.15, 0.2) is 5.50 Å². The van der Waals surface area contributed by atoms with E-state index in [9.17, 15) is 4.79 Å². The zero-order valence-electron chi connectivity index (χ0n) is 18.1. The van der Waals surface area contributed by atoms with E-state index in [0.29, 0.717) is 21.4 Å². The predicted molar refractivity (Wildman–Crippen MR) is 134 cm³/mol. The van der Waals surface area contributed by atoms with Crippen molar-refractivity contribution in [1.82, 2.24) is 9.88 Å². The molecule has 0 aliphatic carbocycles. The summed E-state index contributed by atoms with van der Waals surface area (Å²) in [6, 6.07) is 13.3. The fraction of sp³-hybridized carbons (Fsp3) is 0.208. The van der Waals surface area contributed by atoms with Gasteiger partial charge >= 0.3 is 0 Å². The normalized spacial score (nSPS) is 17.0. The zero-order valence-corrected chi connectivity index (χ0v) is 20.5. The van der Waals surface area contributed by atoms with E-state index >= 15 is 0 Å². The quantitative estimate of drug-likeness (QED) is 0.413. The number of carbonyl (C=O) groups is 1. The average molecular weight is 488 g/mol. The van der Waals surface area contributed by atoms with Crippen molar-refractivity contribution < 1.29 is 9.53 Å². The van der Waals surface area contributed by atoms with Crippen LogP contribution < -0.4 is 15.4 Å². The molecule has 4 rings (SSSR count). The van der Waals surface area contributed by atoms with Crippen molar-refractivity contribution >= 4 is 52.6 Å². The third-order valence-corrected chi connectivity index (χ3v) is 7.09. The molecule has 3 aromatic rings. The summed E-state index contributed by atoms with van der Waals surface area (Å²) >= 11 is 13.9. The highest BCUT2D eigenvalue weighted by atomic mass is 35.5. The minimum absolute atomic E-state index is 0.128. The second kappa shape index (κ2) is 9.14. The lowest BCUT2D eigenvalue weighted by atomic mass is 10.2. The molecule has 2 N–H and O–H groups in total. The Bertz CT molecular complexity index is 1240. The number of anilines is 1. The second-order valence-corrected chi connectivity index (χ2v) is 9.51. The first-order chi connectivity index (χ1) is 15.3. The lowest BCUT2D eigenvalue weighted by Gasteiger charge is -2.15. The van der Waals surface area contributed by atoms with Crippen LogP contribution in [0.3, 0.4) is 0 Å². The van der Waals surface area contributed by atoms with Gasteiger partial charge in [-0.2, -0.15) is 0 Å². The van der Waals surface area contributed by atoms with Gasteiger partial charge in [-0.3, -0.25) is 4.79 Å². The Morgan fingerprint density at radius 1 is 1.16 bits per heavy atom. The number of nitrogens with zero attached hydrogens (tertiary/aromatic N) is 1. The molecule has 2 aromatic carbocycles. The summed E-state index contributed by atoms with van der Waals surface area (Å²) in [5.74, 6) is 0.527. The molecule has 1 aliphatic heterocycles. The number of thioether (sulfide) groups is 1. The monoisotopic (exact) mass is 487 g/mol. The molecular formula is C24H23Cl2N3O2S. The number of amides is 1. The Morgan fingerprint density at radius 3 is 2.69 bits per heavy atom. The molecule has 1 atom stereocenters. The van der Waals surface area contributed by atoms with Gasteiger partial charge in [-0.25, -0.2) is 0 Å². The van der Waals surface area contributed by atoms with Crippen LogP contribution in [-0.2, 0) is 4.79 Å². The van der Waals surface area contributed by atoms with Crippen molar-refractivity contribution in [2.75, 3.05) is 12.4 Å². The first kappa shape index (κ1) is 22.6. The number of hydrogen-bond acceptors (Lipinski definition) is 4. The number of hydrogen-bond donors (Lipinski definition) is 2. The van der Waals surface area contributed by atoms with Crippen LogP contribution in [0.4, 0.5) is 5.69 Å². The lowest BCUT2D eigenvalue weighted by molar-refractivity contribution is -0.116. The van der Waals surface area contributed by atoms with Crippen LogP contribution in [-0.4, -0.2) is 23.1 Å². The maximum Gasteiger partial charge on any atom is 0.260 e. The summed E-state index contributed by atoms with van der Waals surface area (Å²) in [6.07, 6.45) is 1.93. The molecule has 0 saturated carbocycles. The molecule has 1 saturated heterocycles. The molecule has 8 heteroatoms. The highest BCUT2D eigenvalue weighted by molar-refractivity contribution is 8.05. The van der Waals surface area contributed by atoms with E-state index in [4.69, 9.17) is 27.9 Å². The maximum absolute atomic E-state index is 12.7. The summed E-state index contributed by atoms with van der Waals surface area (Å²) in [6.45, 7) is 6.10. The molecule has 1 aromatic heterocycles. The van der Waals surface area contributed by atoms with Crippen LogP contribution in [0.25, 0.3) is 11.8 Å². The third-order valence-electron chi connectivity index (χ3n) is 5.42. The topological polar surface area (TPSA) is 55.3 Å². The van der Waals surface area contributed by atoms with Gasteiger partial charge in [0.25, 0.3) is 5.91 Å².